The number of rotatable bonds is 5. The summed E-state index contributed by atoms with van der Waals surface area (Å²) in [7, 11) is 0. The highest BCUT2D eigenvalue weighted by atomic mass is 35.5. The molecule has 2 nitrogen and oxygen atoms in total. The Kier molecular flexibility index (Phi) is 5.10. The Balaban J connectivity index is 1.57. The van der Waals surface area contributed by atoms with Crippen LogP contribution in [0.1, 0.15) is 24.1 Å². The third-order valence-corrected chi connectivity index (χ3v) is 4.27. The predicted octanol–water partition coefficient (Wildman–Crippen LogP) is 2.68. The number of nitrogens with one attached hydrogen (secondary N) is 2. The lowest BCUT2D eigenvalue weighted by Crippen LogP contribution is -2.42. The van der Waals surface area contributed by atoms with Crippen molar-refractivity contribution in [1.29, 1.82) is 0 Å². The molecule has 0 spiro atoms. The van der Waals surface area contributed by atoms with Gasteiger partial charge in [0.25, 0.3) is 0 Å². The SMILES string of the molecule is Clc1ccc(CCNCC2CCCCN2)s1. The van der Waals surface area contributed by atoms with Gasteiger partial charge >= 0.3 is 0 Å². The Labute approximate surface area is 106 Å². The minimum atomic E-state index is 0.681. The second-order valence-electron chi connectivity index (χ2n) is 4.31. The maximum Gasteiger partial charge on any atom is 0.0931 e. The molecule has 1 aromatic rings. The Morgan fingerprint density at radius 1 is 1.44 bits per heavy atom. The van der Waals surface area contributed by atoms with Crippen molar-refractivity contribution < 1.29 is 0 Å². The molecule has 0 bridgehead atoms. The third kappa shape index (κ3) is 4.06. The van der Waals surface area contributed by atoms with Gasteiger partial charge in [0, 0.05) is 24.0 Å². The van der Waals surface area contributed by atoms with Crippen LogP contribution in [0.3, 0.4) is 0 Å². The summed E-state index contributed by atoms with van der Waals surface area (Å²) in [6.07, 6.45) is 5.12. The van der Waals surface area contributed by atoms with Crippen molar-refractivity contribution in [3.05, 3.63) is 21.3 Å². The Bertz CT molecular complexity index is 308. The van der Waals surface area contributed by atoms with E-state index in [1.54, 1.807) is 11.3 Å². The lowest BCUT2D eigenvalue weighted by molar-refractivity contribution is 0.384. The summed E-state index contributed by atoms with van der Waals surface area (Å²) in [5, 5.41) is 7.05. The van der Waals surface area contributed by atoms with Gasteiger partial charge in [-0.05, 0) is 37.9 Å². The average molecular weight is 259 g/mol. The lowest BCUT2D eigenvalue weighted by atomic mass is 10.1. The fourth-order valence-electron chi connectivity index (χ4n) is 2.07. The van der Waals surface area contributed by atoms with Gasteiger partial charge in [0.2, 0.25) is 0 Å². The molecular formula is C12H19ClN2S. The first-order valence-electron chi connectivity index (χ1n) is 6.03. The van der Waals surface area contributed by atoms with E-state index >= 15 is 0 Å². The highest BCUT2D eigenvalue weighted by Crippen LogP contribution is 2.21. The maximum absolute atomic E-state index is 5.88. The first-order chi connectivity index (χ1) is 7.84. The van der Waals surface area contributed by atoms with Gasteiger partial charge in [0.1, 0.15) is 0 Å². The summed E-state index contributed by atoms with van der Waals surface area (Å²) in [6.45, 7) is 3.33. The molecule has 1 atom stereocenters. The van der Waals surface area contributed by atoms with E-state index < -0.39 is 0 Å². The Morgan fingerprint density at radius 2 is 2.38 bits per heavy atom. The van der Waals surface area contributed by atoms with Crippen molar-refractivity contribution in [2.75, 3.05) is 19.6 Å². The van der Waals surface area contributed by atoms with Gasteiger partial charge in [-0.25, -0.2) is 0 Å². The normalized spacial score (nSPS) is 21.2. The van der Waals surface area contributed by atoms with Crippen LogP contribution in [0.25, 0.3) is 0 Å². The molecular weight excluding hydrogens is 240 g/mol. The monoisotopic (exact) mass is 258 g/mol. The topological polar surface area (TPSA) is 24.1 Å². The number of halogens is 1. The van der Waals surface area contributed by atoms with Crippen molar-refractivity contribution in [1.82, 2.24) is 10.6 Å². The van der Waals surface area contributed by atoms with E-state index in [1.807, 2.05) is 6.07 Å². The van der Waals surface area contributed by atoms with Crippen LogP contribution in [0, 0.1) is 0 Å². The van der Waals surface area contributed by atoms with Crippen LogP contribution in [-0.2, 0) is 6.42 Å². The molecule has 2 N–H and O–H groups in total. The van der Waals surface area contributed by atoms with E-state index in [1.165, 1.54) is 30.7 Å². The molecule has 0 radical (unpaired) electrons. The highest BCUT2D eigenvalue weighted by Gasteiger charge is 2.11. The summed E-state index contributed by atoms with van der Waals surface area (Å²) < 4.78 is 0.893. The number of thiophene rings is 1. The summed E-state index contributed by atoms with van der Waals surface area (Å²) >= 11 is 7.57. The van der Waals surface area contributed by atoms with Gasteiger partial charge in [-0.3, -0.25) is 0 Å². The van der Waals surface area contributed by atoms with Gasteiger partial charge in [0.15, 0.2) is 0 Å². The molecule has 4 heteroatoms. The van der Waals surface area contributed by atoms with Gasteiger partial charge in [-0.15, -0.1) is 11.3 Å². The minimum Gasteiger partial charge on any atom is -0.315 e. The number of piperidine rings is 1. The van der Waals surface area contributed by atoms with Gasteiger partial charge < -0.3 is 10.6 Å². The molecule has 1 aliphatic rings. The molecule has 16 heavy (non-hydrogen) atoms. The van der Waals surface area contributed by atoms with Crippen LogP contribution in [0.4, 0.5) is 0 Å². The molecule has 1 unspecified atom stereocenters. The van der Waals surface area contributed by atoms with E-state index in [9.17, 15) is 0 Å². The van der Waals surface area contributed by atoms with Crippen LogP contribution < -0.4 is 10.6 Å². The van der Waals surface area contributed by atoms with E-state index in [2.05, 4.69) is 16.7 Å². The van der Waals surface area contributed by atoms with Gasteiger partial charge in [0.05, 0.1) is 4.34 Å². The third-order valence-electron chi connectivity index (χ3n) is 2.98. The van der Waals surface area contributed by atoms with Crippen LogP contribution in [0.2, 0.25) is 4.34 Å². The maximum atomic E-state index is 5.88. The van der Waals surface area contributed by atoms with E-state index in [0.29, 0.717) is 6.04 Å². The molecule has 1 saturated heterocycles. The van der Waals surface area contributed by atoms with Crippen molar-refractivity contribution >= 4 is 22.9 Å². The largest absolute Gasteiger partial charge is 0.315 e. The van der Waals surface area contributed by atoms with E-state index in [-0.39, 0.29) is 0 Å². The number of hydrogen-bond donors (Lipinski definition) is 2. The Hall–Kier alpha value is -0.0900. The summed E-state index contributed by atoms with van der Waals surface area (Å²) in [4.78, 5) is 1.37. The lowest BCUT2D eigenvalue weighted by Gasteiger charge is -2.23. The molecule has 1 aromatic heterocycles. The molecule has 1 fully saturated rings. The second kappa shape index (κ2) is 6.60. The second-order valence-corrected chi connectivity index (χ2v) is 6.11. The molecule has 2 rings (SSSR count). The molecule has 90 valence electrons. The zero-order chi connectivity index (χ0) is 11.2. The molecule has 0 saturated carbocycles. The molecule has 1 aliphatic heterocycles. The van der Waals surface area contributed by atoms with Crippen molar-refractivity contribution in [3.63, 3.8) is 0 Å². The van der Waals surface area contributed by atoms with E-state index in [0.717, 1.165) is 23.8 Å². The molecule has 0 aromatic carbocycles. The van der Waals surface area contributed by atoms with Crippen LogP contribution in [0.5, 0.6) is 0 Å². The molecule has 0 amide bonds. The quantitative estimate of drug-likeness (QED) is 0.794. The number of hydrogen-bond acceptors (Lipinski definition) is 3. The predicted molar refractivity (Wildman–Crippen MR) is 71.5 cm³/mol. The minimum absolute atomic E-state index is 0.681. The highest BCUT2D eigenvalue weighted by molar-refractivity contribution is 7.16. The summed E-state index contributed by atoms with van der Waals surface area (Å²) in [5.74, 6) is 0. The van der Waals surface area contributed by atoms with Crippen molar-refractivity contribution in [2.45, 2.75) is 31.7 Å². The first kappa shape index (κ1) is 12.4. The van der Waals surface area contributed by atoms with Crippen molar-refractivity contribution in [2.24, 2.45) is 0 Å². The smallest absolute Gasteiger partial charge is 0.0931 e. The molecule has 2 heterocycles. The first-order valence-corrected chi connectivity index (χ1v) is 7.22. The van der Waals surface area contributed by atoms with Crippen LogP contribution in [-0.4, -0.2) is 25.7 Å². The summed E-state index contributed by atoms with van der Waals surface area (Å²) in [5.41, 5.74) is 0. The van der Waals surface area contributed by atoms with Gasteiger partial charge in [-0.2, -0.15) is 0 Å². The van der Waals surface area contributed by atoms with E-state index in [4.69, 9.17) is 11.6 Å². The fourth-order valence-corrected chi connectivity index (χ4v) is 3.16. The standard InChI is InChI=1S/C12H19ClN2S/c13-12-5-4-11(16-12)6-8-14-9-10-3-1-2-7-15-10/h4-5,10,14-15H,1-3,6-9H2. The zero-order valence-electron chi connectivity index (χ0n) is 9.47. The van der Waals surface area contributed by atoms with Gasteiger partial charge in [-0.1, -0.05) is 18.0 Å². The Morgan fingerprint density at radius 3 is 3.06 bits per heavy atom. The van der Waals surface area contributed by atoms with Crippen LogP contribution >= 0.6 is 22.9 Å². The zero-order valence-corrected chi connectivity index (χ0v) is 11.0. The molecule has 0 aliphatic carbocycles. The summed E-state index contributed by atoms with van der Waals surface area (Å²) in [6, 6.07) is 4.78. The fraction of sp³-hybridized carbons (Fsp3) is 0.667. The average Bonchev–Trinajstić information content (AvgIpc) is 2.72. The van der Waals surface area contributed by atoms with Crippen LogP contribution in [0.15, 0.2) is 12.1 Å². The van der Waals surface area contributed by atoms with Crippen molar-refractivity contribution in [3.8, 4) is 0 Å².